The fourth-order valence-corrected chi connectivity index (χ4v) is 7.99. The Morgan fingerprint density at radius 1 is 1.11 bits per heavy atom. The molecule has 9 nitrogen and oxygen atoms in total. The Morgan fingerprint density at radius 3 is 2.64 bits per heavy atom. The van der Waals surface area contributed by atoms with E-state index in [9.17, 15) is 13.2 Å². The van der Waals surface area contributed by atoms with Crippen molar-refractivity contribution in [1.82, 2.24) is 9.29 Å². The standard InChI is InChI=1S/C35H44N4O5S/c1-7-25-19-37-38-34-24(6)29(14-15-30(34)23(25)5)31(18-33(40)43-9-3)26-13-12-22(4)27(17-26)20-39-21-28(8-2)44-35-32(45(39,41)42)11-10-16-36-35/h10-17,23,25,28,31H,7-9,18-21H2,1-6H3. The van der Waals surface area contributed by atoms with E-state index in [-0.39, 0.29) is 48.3 Å². The minimum absolute atomic E-state index is 0.0734. The number of aryl methyl sites for hydroxylation is 1. The van der Waals surface area contributed by atoms with Gasteiger partial charge in [0.05, 0.1) is 31.8 Å². The van der Waals surface area contributed by atoms with Crippen molar-refractivity contribution in [1.29, 1.82) is 0 Å². The molecule has 0 fully saturated rings. The number of rotatable bonds is 9. The van der Waals surface area contributed by atoms with Crippen LogP contribution in [0, 0.1) is 19.8 Å². The van der Waals surface area contributed by atoms with Crippen molar-refractivity contribution >= 4 is 21.7 Å². The predicted molar refractivity (Wildman–Crippen MR) is 174 cm³/mol. The van der Waals surface area contributed by atoms with Crippen LogP contribution in [0.3, 0.4) is 0 Å². The van der Waals surface area contributed by atoms with Crippen molar-refractivity contribution in [3.05, 3.63) is 82.0 Å². The highest BCUT2D eigenvalue weighted by Gasteiger charge is 2.35. The van der Waals surface area contributed by atoms with Gasteiger partial charge in [-0.25, -0.2) is 13.4 Å². The summed E-state index contributed by atoms with van der Waals surface area (Å²) in [5, 5.41) is 9.21. The quantitative estimate of drug-likeness (QED) is 0.228. The van der Waals surface area contributed by atoms with Crippen LogP contribution in [0.1, 0.15) is 92.2 Å². The first-order valence-corrected chi connectivity index (χ1v) is 17.4. The lowest BCUT2D eigenvalue weighted by atomic mass is 9.80. The summed E-state index contributed by atoms with van der Waals surface area (Å²) in [4.78, 5) is 17.3. The van der Waals surface area contributed by atoms with Crippen LogP contribution in [0.4, 0.5) is 5.69 Å². The first-order chi connectivity index (χ1) is 21.6. The highest BCUT2D eigenvalue weighted by Crippen LogP contribution is 2.43. The lowest BCUT2D eigenvalue weighted by Gasteiger charge is -2.26. The summed E-state index contributed by atoms with van der Waals surface area (Å²) in [5.74, 6) is 0.270. The zero-order valence-electron chi connectivity index (χ0n) is 27.1. The summed E-state index contributed by atoms with van der Waals surface area (Å²) in [6, 6.07) is 13.5. The van der Waals surface area contributed by atoms with E-state index in [1.807, 2.05) is 32.0 Å². The summed E-state index contributed by atoms with van der Waals surface area (Å²) in [6.45, 7) is 13.6. The molecule has 0 bridgehead atoms. The molecule has 0 N–H and O–H groups in total. The summed E-state index contributed by atoms with van der Waals surface area (Å²) < 4.78 is 40.7. The van der Waals surface area contributed by atoms with Gasteiger partial charge in [-0.3, -0.25) is 4.79 Å². The molecule has 0 saturated carbocycles. The van der Waals surface area contributed by atoms with Gasteiger partial charge in [-0.15, -0.1) is 0 Å². The van der Waals surface area contributed by atoms with Crippen LogP contribution in [-0.2, 0) is 26.1 Å². The number of benzene rings is 2. The maximum absolute atomic E-state index is 13.9. The van der Waals surface area contributed by atoms with Crippen LogP contribution >= 0.6 is 0 Å². The molecule has 1 aromatic heterocycles. The van der Waals surface area contributed by atoms with Crippen LogP contribution in [-0.4, -0.2) is 49.5 Å². The number of fused-ring (bicyclic) bond motifs is 2. The fourth-order valence-electron chi connectivity index (χ4n) is 6.47. The molecular formula is C35H44N4O5S. The highest BCUT2D eigenvalue weighted by atomic mass is 32.2. The van der Waals surface area contributed by atoms with Gasteiger partial charge in [0, 0.05) is 18.7 Å². The number of sulfonamides is 1. The van der Waals surface area contributed by atoms with Crippen LogP contribution in [0.25, 0.3) is 0 Å². The van der Waals surface area contributed by atoms with Crippen molar-refractivity contribution in [3.8, 4) is 5.88 Å². The highest BCUT2D eigenvalue weighted by molar-refractivity contribution is 7.89. The average Bonchev–Trinajstić information content (AvgIpc) is 3.25. The van der Waals surface area contributed by atoms with Crippen molar-refractivity contribution in [2.24, 2.45) is 16.1 Å². The fraction of sp³-hybridized carbons (Fsp3) is 0.486. The Labute approximate surface area is 267 Å². The Bertz CT molecular complexity index is 1690. The first kappa shape index (κ1) is 32.8. The molecule has 2 aliphatic rings. The Kier molecular flexibility index (Phi) is 10.0. The summed E-state index contributed by atoms with van der Waals surface area (Å²) >= 11 is 0. The van der Waals surface area contributed by atoms with Crippen LogP contribution in [0.15, 0.2) is 63.8 Å². The monoisotopic (exact) mass is 632 g/mol. The van der Waals surface area contributed by atoms with Gasteiger partial charge >= 0.3 is 5.97 Å². The molecule has 3 aromatic rings. The normalized spacial score (nSPS) is 21.5. The lowest BCUT2D eigenvalue weighted by molar-refractivity contribution is -0.143. The summed E-state index contributed by atoms with van der Waals surface area (Å²) in [6.07, 6.45) is 3.02. The Balaban J connectivity index is 1.56. The number of carbonyl (C=O) groups is 1. The maximum Gasteiger partial charge on any atom is 0.306 e. The maximum atomic E-state index is 13.9. The van der Waals surface area contributed by atoms with Gasteiger partial charge in [0.25, 0.3) is 0 Å². The van der Waals surface area contributed by atoms with Gasteiger partial charge in [0.15, 0.2) is 0 Å². The molecule has 0 aliphatic carbocycles. The minimum atomic E-state index is -3.87. The second kappa shape index (κ2) is 13.8. The Morgan fingerprint density at radius 2 is 1.91 bits per heavy atom. The van der Waals surface area contributed by atoms with Crippen molar-refractivity contribution < 1.29 is 22.7 Å². The number of azo groups is 1. The second-order valence-corrected chi connectivity index (χ2v) is 14.0. The minimum Gasteiger partial charge on any atom is -0.472 e. The largest absolute Gasteiger partial charge is 0.472 e. The molecule has 0 radical (unpaired) electrons. The molecule has 45 heavy (non-hydrogen) atoms. The second-order valence-electron chi connectivity index (χ2n) is 12.1. The zero-order valence-corrected chi connectivity index (χ0v) is 27.9. The molecule has 10 heteroatoms. The molecule has 0 spiro atoms. The number of nitrogens with zero attached hydrogens (tertiary/aromatic N) is 4. The van der Waals surface area contributed by atoms with E-state index in [0.29, 0.717) is 31.4 Å². The third-order valence-corrected chi connectivity index (χ3v) is 11.2. The van der Waals surface area contributed by atoms with Gasteiger partial charge in [0.1, 0.15) is 11.0 Å². The van der Waals surface area contributed by atoms with Crippen LogP contribution < -0.4 is 4.74 Å². The first-order valence-electron chi connectivity index (χ1n) is 16.0. The molecule has 4 atom stereocenters. The van der Waals surface area contributed by atoms with E-state index < -0.39 is 10.0 Å². The number of ether oxygens (including phenoxy) is 2. The molecule has 3 heterocycles. The number of pyridine rings is 1. The third-order valence-electron chi connectivity index (χ3n) is 9.38. The van der Waals surface area contributed by atoms with E-state index in [4.69, 9.17) is 9.47 Å². The van der Waals surface area contributed by atoms with Crippen molar-refractivity contribution in [3.63, 3.8) is 0 Å². The molecule has 5 rings (SSSR count). The lowest BCUT2D eigenvalue weighted by Crippen LogP contribution is -2.36. The zero-order chi connectivity index (χ0) is 32.3. The van der Waals surface area contributed by atoms with E-state index in [0.717, 1.165) is 39.9 Å². The predicted octanol–water partition coefficient (Wildman–Crippen LogP) is 7.37. The van der Waals surface area contributed by atoms with Gasteiger partial charge in [-0.05, 0) is 84.5 Å². The molecule has 2 aromatic carbocycles. The summed E-state index contributed by atoms with van der Waals surface area (Å²) in [5.41, 5.74) is 6.77. The molecule has 0 saturated heterocycles. The number of hydrogen-bond acceptors (Lipinski definition) is 8. The number of hydrogen-bond donors (Lipinski definition) is 0. The smallest absolute Gasteiger partial charge is 0.306 e. The van der Waals surface area contributed by atoms with Crippen LogP contribution in [0.2, 0.25) is 0 Å². The van der Waals surface area contributed by atoms with E-state index in [1.165, 1.54) is 9.87 Å². The van der Waals surface area contributed by atoms with Gasteiger partial charge in [0.2, 0.25) is 15.9 Å². The van der Waals surface area contributed by atoms with Crippen molar-refractivity contribution in [2.75, 3.05) is 19.7 Å². The van der Waals surface area contributed by atoms with Crippen LogP contribution in [0.5, 0.6) is 5.88 Å². The molecule has 0 amide bonds. The molecular weight excluding hydrogens is 588 g/mol. The number of carbonyl (C=O) groups excluding carboxylic acids is 1. The van der Waals surface area contributed by atoms with E-state index in [1.54, 1.807) is 25.3 Å². The van der Waals surface area contributed by atoms with E-state index in [2.05, 4.69) is 48.1 Å². The topological polar surface area (TPSA) is 111 Å². The van der Waals surface area contributed by atoms with Gasteiger partial charge < -0.3 is 9.47 Å². The molecule has 240 valence electrons. The number of aromatic nitrogens is 1. The van der Waals surface area contributed by atoms with E-state index >= 15 is 0 Å². The van der Waals surface area contributed by atoms with Gasteiger partial charge in [-0.2, -0.15) is 14.5 Å². The summed E-state index contributed by atoms with van der Waals surface area (Å²) in [7, 11) is -3.87. The number of esters is 1. The average molecular weight is 633 g/mol. The van der Waals surface area contributed by atoms with Gasteiger partial charge in [-0.1, -0.05) is 57.5 Å². The molecule has 2 aliphatic heterocycles. The third kappa shape index (κ3) is 6.67. The SMILES string of the molecule is CCOC(=O)CC(c1ccc(C)c(CN2CC(CC)Oc3ncccc3S2(=O)=O)c1)c1ccc2c(c1C)N=NCC(CC)C2C. The Hall–Kier alpha value is -3.63. The van der Waals surface area contributed by atoms with Crippen molar-refractivity contribution in [2.45, 2.75) is 90.2 Å². The molecule has 4 unspecified atom stereocenters.